The minimum atomic E-state index is 0.382. The molecule has 2 heterocycles. The van der Waals surface area contributed by atoms with E-state index in [0.29, 0.717) is 24.0 Å². The summed E-state index contributed by atoms with van der Waals surface area (Å²) in [6.45, 7) is 5.75. The Bertz CT molecular complexity index is 426. The number of ether oxygens (including phenoxy) is 3. The van der Waals surface area contributed by atoms with Crippen LogP contribution in [0.15, 0.2) is 30.3 Å². The summed E-state index contributed by atoms with van der Waals surface area (Å²) in [5.41, 5.74) is 1.38. The quantitative estimate of drug-likeness (QED) is 0.654. The van der Waals surface area contributed by atoms with E-state index in [1.807, 2.05) is 0 Å². The second-order valence-corrected chi connectivity index (χ2v) is 6.69. The lowest BCUT2D eigenvalue weighted by Gasteiger charge is -2.34. The highest BCUT2D eigenvalue weighted by Crippen LogP contribution is 2.25. The Morgan fingerprint density at radius 3 is 2.36 bits per heavy atom. The van der Waals surface area contributed by atoms with Gasteiger partial charge in [-0.05, 0) is 37.2 Å². The first-order valence-electron chi connectivity index (χ1n) is 8.68. The molecule has 0 saturated carbocycles. The van der Waals surface area contributed by atoms with Crippen molar-refractivity contribution in [2.24, 2.45) is 11.8 Å². The summed E-state index contributed by atoms with van der Waals surface area (Å²) in [6.07, 6.45) is 5.38. The molecule has 4 unspecified atom stereocenters. The Balaban J connectivity index is 1.40. The van der Waals surface area contributed by atoms with E-state index in [4.69, 9.17) is 14.2 Å². The average molecular weight is 304 g/mol. The maximum absolute atomic E-state index is 5.98. The Labute approximate surface area is 134 Å². The van der Waals surface area contributed by atoms with Gasteiger partial charge in [-0.2, -0.15) is 0 Å². The molecule has 0 bridgehead atoms. The van der Waals surface area contributed by atoms with Crippen molar-refractivity contribution >= 4 is 0 Å². The predicted molar refractivity (Wildman–Crippen MR) is 87.0 cm³/mol. The van der Waals surface area contributed by atoms with Crippen LogP contribution in [0, 0.1) is 11.8 Å². The van der Waals surface area contributed by atoms with Gasteiger partial charge in [0.15, 0.2) is 0 Å². The van der Waals surface area contributed by atoms with Gasteiger partial charge in [-0.25, -0.2) is 0 Å². The predicted octanol–water partition coefficient (Wildman–Crippen LogP) is 3.47. The summed E-state index contributed by atoms with van der Waals surface area (Å²) in [5.74, 6) is 1.09. The number of benzene rings is 1. The molecule has 22 heavy (non-hydrogen) atoms. The van der Waals surface area contributed by atoms with Gasteiger partial charge in [0.25, 0.3) is 0 Å². The third-order valence-corrected chi connectivity index (χ3v) is 5.02. The summed E-state index contributed by atoms with van der Waals surface area (Å²) in [7, 11) is 0. The van der Waals surface area contributed by atoms with Crippen LogP contribution >= 0.6 is 0 Å². The summed E-state index contributed by atoms with van der Waals surface area (Å²) in [5, 5.41) is 0. The molecular formula is C19H28O3. The van der Waals surface area contributed by atoms with Gasteiger partial charge in [0.05, 0.1) is 18.8 Å². The van der Waals surface area contributed by atoms with E-state index in [9.17, 15) is 0 Å². The minimum absolute atomic E-state index is 0.382. The van der Waals surface area contributed by atoms with Crippen LogP contribution in [0.3, 0.4) is 0 Å². The van der Waals surface area contributed by atoms with Gasteiger partial charge >= 0.3 is 0 Å². The van der Waals surface area contributed by atoms with Crippen LogP contribution in [0.1, 0.15) is 31.7 Å². The third kappa shape index (κ3) is 4.31. The lowest BCUT2D eigenvalue weighted by Crippen LogP contribution is -2.38. The zero-order valence-corrected chi connectivity index (χ0v) is 13.6. The molecule has 2 aliphatic heterocycles. The first-order chi connectivity index (χ1) is 10.8. The number of hydrogen-bond donors (Lipinski definition) is 0. The van der Waals surface area contributed by atoms with Gasteiger partial charge in [0, 0.05) is 25.7 Å². The monoisotopic (exact) mass is 304 g/mol. The van der Waals surface area contributed by atoms with Gasteiger partial charge in [-0.3, -0.25) is 0 Å². The zero-order chi connectivity index (χ0) is 15.2. The van der Waals surface area contributed by atoms with Crippen molar-refractivity contribution in [3.05, 3.63) is 35.9 Å². The Kier molecular flexibility index (Phi) is 5.88. The second kappa shape index (κ2) is 8.09. The van der Waals surface area contributed by atoms with Crippen LogP contribution in [0.2, 0.25) is 0 Å². The molecule has 0 aliphatic carbocycles. The molecule has 0 radical (unpaired) electrons. The van der Waals surface area contributed by atoms with Gasteiger partial charge in [0.2, 0.25) is 0 Å². The van der Waals surface area contributed by atoms with Crippen LogP contribution in [-0.2, 0) is 20.6 Å². The van der Waals surface area contributed by atoms with E-state index in [0.717, 1.165) is 39.3 Å². The van der Waals surface area contributed by atoms with Gasteiger partial charge in [-0.15, -0.1) is 0 Å². The molecule has 2 fully saturated rings. The summed E-state index contributed by atoms with van der Waals surface area (Å²) >= 11 is 0. The molecule has 122 valence electrons. The lowest BCUT2D eigenvalue weighted by molar-refractivity contribution is -0.107. The van der Waals surface area contributed by atoms with Crippen molar-refractivity contribution in [3.8, 4) is 0 Å². The van der Waals surface area contributed by atoms with E-state index in [1.165, 1.54) is 18.4 Å². The standard InChI is InChI=1S/C19H28O3/c1-15(18-8-11-21-18)7-10-20-14-17(19-9-12-22-19)13-16-5-3-2-4-6-16/h2-6,15,17-19H,7-14H2,1H3. The van der Waals surface area contributed by atoms with Crippen molar-refractivity contribution in [3.63, 3.8) is 0 Å². The Morgan fingerprint density at radius 2 is 1.77 bits per heavy atom. The smallest absolute Gasteiger partial charge is 0.0650 e. The van der Waals surface area contributed by atoms with Crippen molar-refractivity contribution in [1.82, 2.24) is 0 Å². The summed E-state index contributed by atoms with van der Waals surface area (Å²) < 4.78 is 17.2. The summed E-state index contributed by atoms with van der Waals surface area (Å²) in [4.78, 5) is 0. The first kappa shape index (κ1) is 16.0. The van der Waals surface area contributed by atoms with Crippen molar-refractivity contribution < 1.29 is 14.2 Å². The van der Waals surface area contributed by atoms with E-state index in [-0.39, 0.29) is 0 Å². The first-order valence-corrected chi connectivity index (χ1v) is 8.68. The highest BCUT2D eigenvalue weighted by molar-refractivity contribution is 5.15. The minimum Gasteiger partial charge on any atom is -0.381 e. The summed E-state index contributed by atoms with van der Waals surface area (Å²) in [6, 6.07) is 10.7. The van der Waals surface area contributed by atoms with Crippen LogP contribution in [0.25, 0.3) is 0 Å². The molecule has 0 aromatic heterocycles. The highest BCUT2D eigenvalue weighted by Gasteiger charge is 2.29. The molecule has 3 nitrogen and oxygen atoms in total. The number of rotatable bonds is 9. The topological polar surface area (TPSA) is 27.7 Å². The van der Waals surface area contributed by atoms with E-state index >= 15 is 0 Å². The fraction of sp³-hybridized carbons (Fsp3) is 0.684. The number of hydrogen-bond acceptors (Lipinski definition) is 3. The van der Waals surface area contributed by atoms with Gasteiger partial charge in [0.1, 0.15) is 0 Å². The second-order valence-electron chi connectivity index (χ2n) is 6.69. The highest BCUT2D eigenvalue weighted by atomic mass is 16.5. The van der Waals surface area contributed by atoms with Gasteiger partial charge in [-0.1, -0.05) is 37.3 Å². The Morgan fingerprint density at radius 1 is 1.09 bits per heavy atom. The van der Waals surface area contributed by atoms with E-state index < -0.39 is 0 Å². The largest absolute Gasteiger partial charge is 0.381 e. The van der Waals surface area contributed by atoms with Crippen molar-refractivity contribution in [2.45, 2.75) is 44.8 Å². The van der Waals surface area contributed by atoms with E-state index in [2.05, 4.69) is 37.3 Å². The molecular weight excluding hydrogens is 276 g/mol. The van der Waals surface area contributed by atoms with Crippen LogP contribution in [0.5, 0.6) is 0 Å². The average Bonchev–Trinajstić information content (AvgIpc) is 2.40. The van der Waals surface area contributed by atoms with Crippen molar-refractivity contribution in [2.75, 3.05) is 26.4 Å². The fourth-order valence-corrected chi connectivity index (χ4v) is 3.23. The SMILES string of the molecule is CC(CCOCC(Cc1ccccc1)C1CCO1)C1CCO1. The molecule has 2 saturated heterocycles. The molecule has 1 aromatic rings. The molecule has 0 amide bonds. The third-order valence-electron chi connectivity index (χ3n) is 5.02. The molecule has 3 heteroatoms. The molecule has 1 aromatic carbocycles. The van der Waals surface area contributed by atoms with Gasteiger partial charge < -0.3 is 14.2 Å². The molecule has 2 aliphatic rings. The van der Waals surface area contributed by atoms with Crippen LogP contribution in [0.4, 0.5) is 0 Å². The zero-order valence-electron chi connectivity index (χ0n) is 13.6. The van der Waals surface area contributed by atoms with Crippen LogP contribution in [-0.4, -0.2) is 38.6 Å². The van der Waals surface area contributed by atoms with Crippen LogP contribution < -0.4 is 0 Å². The normalized spacial score (nSPS) is 26.8. The lowest BCUT2D eigenvalue weighted by atomic mass is 9.90. The molecule has 4 atom stereocenters. The molecule has 0 spiro atoms. The molecule has 0 N–H and O–H groups in total. The Hall–Kier alpha value is -0.900. The van der Waals surface area contributed by atoms with E-state index in [1.54, 1.807) is 0 Å². The molecule has 3 rings (SSSR count). The van der Waals surface area contributed by atoms with Crippen molar-refractivity contribution in [1.29, 1.82) is 0 Å². The maximum atomic E-state index is 5.98. The fourth-order valence-electron chi connectivity index (χ4n) is 3.23. The maximum Gasteiger partial charge on any atom is 0.0650 e.